The van der Waals surface area contributed by atoms with Gasteiger partial charge in [-0.05, 0) is 23.6 Å². The summed E-state index contributed by atoms with van der Waals surface area (Å²) in [7, 11) is 0. The Morgan fingerprint density at radius 1 is 1.10 bits per heavy atom. The van der Waals surface area contributed by atoms with Gasteiger partial charge >= 0.3 is 0 Å². The largest absolute Gasteiger partial charge is 0.459 e. The fourth-order valence-electron chi connectivity index (χ4n) is 2.99. The number of hydrogen-bond acceptors (Lipinski definition) is 7. The van der Waals surface area contributed by atoms with Crippen LogP contribution in [-0.2, 0) is 11.2 Å². The first-order valence-electron chi connectivity index (χ1n) is 8.98. The molecule has 0 aromatic carbocycles. The van der Waals surface area contributed by atoms with Crippen molar-refractivity contribution in [2.75, 3.05) is 31.5 Å². The molecule has 0 radical (unpaired) electrons. The number of thiazole rings is 1. The Morgan fingerprint density at radius 3 is 2.59 bits per heavy atom. The van der Waals surface area contributed by atoms with E-state index in [1.807, 2.05) is 5.38 Å². The highest BCUT2D eigenvalue weighted by atomic mass is 32.1. The van der Waals surface area contributed by atoms with Crippen molar-refractivity contribution in [3.05, 3.63) is 57.6 Å². The molecule has 10 heteroatoms. The van der Waals surface area contributed by atoms with E-state index in [1.165, 1.54) is 28.9 Å². The average Bonchev–Trinajstić information content (AvgIpc) is 3.50. The smallest absolute Gasteiger partial charge is 0.289 e. The highest BCUT2D eigenvalue weighted by Gasteiger charge is 2.26. The average molecular weight is 431 g/mol. The second-order valence-corrected chi connectivity index (χ2v) is 8.08. The topological polar surface area (TPSA) is 95.8 Å². The molecule has 1 N–H and O–H groups in total. The van der Waals surface area contributed by atoms with E-state index in [9.17, 15) is 14.4 Å². The zero-order valence-corrected chi connectivity index (χ0v) is 17.0. The van der Waals surface area contributed by atoms with Gasteiger partial charge in [0.15, 0.2) is 10.9 Å². The summed E-state index contributed by atoms with van der Waals surface area (Å²) in [6.45, 7) is 1.86. The third-order valence-corrected chi connectivity index (χ3v) is 6.03. The molecule has 0 atom stereocenters. The zero-order chi connectivity index (χ0) is 20.2. The van der Waals surface area contributed by atoms with Gasteiger partial charge in [-0.25, -0.2) is 4.98 Å². The summed E-state index contributed by atoms with van der Waals surface area (Å²) in [4.78, 5) is 44.7. The Morgan fingerprint density at radius 2 is 1.90 bits per heavy atom. The third kappa shape index (κ3) is 4.54. The van der Waals surface area contributed by atoms with Crippen molar-refractivity contribution in [2.45, 2.75) is 6.42 Å². The van der Waals surface area contributed by atoms with Gasteiger partial charge in [0.1, 0.15) is 0 Å². The number of piperazine rings is 1. The lowest BCUT2D eigenvalue weighted by Crippen LogP contribution is -2.50. The number of aromatic nitrogens is 1. The lowest BCUT2D eigenvalue weighted by atomic mass is 10.2. The molecule has 0 saturated carbocycles. The molecule has 8 nitrogen and oxygen atoms in total. The number of amides is 3. The Balaban J connectivity index is 1.27. The van der Waals surface area contributed by atoms with Crippen molar-refractivity contribution in [3.63, 3.8) is 0 Å². The summed E-state index contributed by atoms with van der Waals surface area (Å²) in [6, 6.07) is 5.06. The second-order valence-electron chi connectivity index (χ2n) is 6.44. The van der Waals surface area contributed by atoms with Gasteiger partial charge in [0, 0.05) is 36.9 Å². The van der Waals surface area contributed by atoms with Crippen LogP contribution < -0.4 is 5.32 Å². The summed E-state index contributed by atoms with van der Waals surface area (Å²) in [5.41, 5.74) is 1.21. The molecule has 4 rings (SSSR count). The van der Waals surface area contributed by atoms with Crippen LogP contribution in [0, 0.1) is 0 Å². The Hall–Kier alpha value is -2.98. The van der Waals surface area contributed by atoms with Gasteiger partial charge in [-0.1, -0.05) is 0 Å². The summed E-state index contributed by atoms with van der Waals surface area (Å²) in [5.74, 6) is -0.108. The number of carbonyl (C=O) groups is 3. The highest BCUT2D eigenvalue weighted by Crippen LogP contribution is 2.18. The summed E-state index contributed by atoms with van der Waals surface area (Å²) >= 11 is 2.74. The van der Waals surface area contributed by atoms with Gasteiger partial charge in [-0.2, -0.15) is 11.3 Å². The fourth-order valence-corrected chi connectivity index (χ4v) is 4.33. The lowest BCUT2D eigenvalue weighted by Gasteiger charge is -2.34. The van der Waals surface area contributed by atoms with Crippen LogP contribution in [0.1, 0.15) is 26.6 Å². The summed E-state index contributed by atoms with van der Waals surface area (Å²) < 4.78 is 5.15. The Bertz CT molecular complexity index is 990. The predicted molar refractivity (Wildman–Crippen MR) is 109 cm³/mol. The van der Waals surface area contributed by atoms with Crippen molar-refractivity contribution < 1.29 is 18.8 Å². The zero-order valence-electron chi connectivity index (χ0n) is 15.4. The molecular weight excluding hydrogens is 412 g/mol. The minimum atomic E-state index is -0.212. The quantitative estimate of drug-likeness (QED) is 0.671. The van der Waals surface area contributed by atoms with Crippen molar-refractivity contribution in [2.24, 2.45) is 0 Å². The number of furan rings is 1. The lowest BCUT2D eigenvalue weighted by molar-refractivity contribution is -0.132. The van der Waals surface area contributed by atoms with E-state index in [4.69, 9.17) is 4.42 Å². The van der Waals surface area contributed by atoms with E-state index < -0.39 is 0 Å². The van der Waals surface area contributed by atoms with Crippen LogP contribution in [0.3, 0.4) is 0 Å². The third-order valence-electron chi connectivity index (χ3n) is 4.54. The molecular formula is C19H18N4O4S2. The van der Waals surface area contributed by atoms with Gasteiger partial charge in [0.05, 0.1) is 23.9 Å². The van der Waals surface area contributed by atoms with Crippen LogP contribution in [0.2, 0.25) is 0 Å². The first kappa shape index (κ1) is 19.3. The molecule has 4 heterocycles. The van der Waals surface area contributed by atoms with E-state index in [0.717, 1.165) is 0 Å². The Kier molecular flexibility index (Phi) is 5.72. The van der Waals surface area contributed by atoms with Gasteiger partial charge in [0.2, 0.25) is 5.91 Å². The molecule has 0 unspecified atom stereocenters. The molecule has 0 aliphatic carbocycles. The van der Waals surface area contributed by atoms with Gasteiger partial charge in [-0.3, -0.25) is 19.7 Å². The second kappa shape index (κ2) is 8.58. The number of nitrogens with one attached hydrogen (secondary N) is 1. The normalized spacial score (nSPS) is 14.1. The molecule has 1 aliphatic heterocycles. The van der Waals surface area contributed by atoms with Crippen molar-refractivity contribution in [3.8, 4) is 0 Å². The first-order valence-corrected chi connectivity index (χ1v) is 10.8. The van der Waals surface area contributed by atoms with E-state index in [1.54, 1.807) is 38.8 Å². The van der Waals surface area contributed by atoms with E-state index >= 15 is 0 Å². The number of rotatable bonds is 5. The molecule has 0 spiro atoms. The number of thiophene rings is 1. The molecule has 3 aromatic rings. The minimum absolute atomic E-state index is 0.0453. The predicted octanol–water partition coefficient (Wildman–Crippen LogP) is 2.58. The van der Waals surface area contributed by atoms with E-state index in [-0.39, 0.29) is 24.1 Å². The van der Waals surface area contributed by atoms with Gasteiger partial charge in [-0.15, -0.1) is 11.3 Å². The van der Waals surface area contributed by atoms with E-state index in [2.05, 4.69) is 10.3 Å². The molecule has 1 aliphatic rings. The van der Waals surface area contributed by atoms with Crippen molar-refractivity contribution in [1.29, 1.82) is 0 Å². The van der Waals surface area contributed by atoms with Crippen LogP contribution in [0.25, 0.3) is 0 Å². The van der Waals surface area contributed by atoms with Gasteiger partial charge < -0.3 is 14.2 Å². The summed E-state index contributed by atoms with van der Waals surface area (Å²) in [6.07, 6.45) is 1.63. The molecule has 29 heavy (non-hydrogen) atoms. The standard InChI is InChI=1S/C19H18N4O4S2/c24-16(22-4-6-23(7-5-22)18(26)15-2-1-8-27-15)10-14-12-29-19(20-14)21-17(25)13-3-9-28-11-13/h1-3,8-9,11-12H,4-7,10H2,(H,20,21,25). The van der Waals surface area contributed by atoms with Gasteiger partial charge in [0.25, 0.3) is 11.8 Å². The molecule has 0 bridgehead atoms. The Labute approximate surface area is 174 Å². The molecule has 1 fully saturated rings. The maximum atomic E-state index is 12.6. The van der Waals surface area contributed by atoms with Crippen molar-refractivity contribution >= 4 is 45.5 Å². The molecule has 1 saturated heterocycles. The van der Waals surface area contributed by atoms with Crippen LogP contribution in [0.4, 0.5) is 5.13 Å². The molecule has 3 aromatic heterocycles. The number of carbonyl (C=O) groups excluding carboxylic acids is 3. The summed E-state index contributed by atoms with van der Waals surface area (Å²) in [5, 5.41) is 8.60. The van der Waals surface area contributed by atoms with E-state index in [0.29, 0.717) is 48.3 Å². The number of anilines is 1. The fraction of sp³-hybridized carbons (Fsp3) is 0.263. The minimum Gasteiger partial charge on any atom is -0.459 e. The molecule has 3 amide bonds. The first-order chi connectivity index (χ1) is 14.1. The SMILES string of the molecule is O=C(Nc1nc(CC(=O)N2CCN(C(=O)c3ccco3)CC2)cs1)c1ccsc1. The molecule has 150 valence electrons. The number of nitrogens with zero attached hydrogens (tertiary/aromatic N) is 3. The maximum absolute atomic E-state index is 12.6. The van der Waals surface area contributed by atoms with Crippen LogP contribution in [-0.4, -0.2) is 58.7 Å². The maximum Gasteiger partial charge on any atom is 0.289 e. The van der Waals surface area contributed by atoms with Crippen LogP contribution in [0.5, 0.6) is 0 Å². The monoisotopic (exact) mass is 430 g/mol. The van der Waals surface area contributed by atoms with Crippen LogP contribution >= 0.6 is 22.7 Å². The number of hydrogen-bond donors (Lipinski definition) is 1. The van der Waals surface area contributed by atoms with Crippen molar-refractivity contribution in [1.82, 2.24) is 14.8 Å². The van der Waals surface area contributed by atoms with Crippen LogP contribution in [0.15, 0.2) is 45.0 Å². The highest BCUT2D eigenvalue weighted by molar-refractivity contribution is 7.14.